The van der Waals surface area contributed by atoms with Gasteiger partial charge >= 0.3 is 0 Å². The largest absolute Gasteiger partial charge is 0.309 e. The second-order valence-corrected chi connectivity index (χ2v) is 14.2. The molecule has 0 unspecified atom stereocenters. The molecule has 11 aromatic rings. The van der Waals surface area contributed by atoms with Crippen molar-refractivity contribution < 1.29 is 0 Å². The van der Waals surface area contributed by atoms with Crippen molar-refractivity contribution in [2.45, 2.75) is 0 Å². The highest BCUT2D eigenvalue weighted by molar-refractivity contribution is 6.19. The SMILES string of the molecule is c1ccc(-c2ccc(-c3cc(-c4ccccc4)nc(-c4cccc(-n5c6ccccc6c6cc7c(cc65)c5ccccc5n7-c5ccccc5)c4)n3)cc2)cc1. The van der Waals surface area contributed by atoms with Crippen LogP contribution in [-0.4, -0.2) is 19.1 Å². The lowest BCUT2D eigenvalue weighted by Gasteiger charge is -2.12. The van der Waals surface area contributed by atoms with Crippen LogP contribution in [0.4, 0.5) is 0 Å². The van der Waals surface area contributed by atoms with E-state index in [1.165, 1.54) is 43.7 Å². The van der Waals surface area contributed by atoms with Crippen LogP contribution in [0.2, 0.25) is 0 Å². The van der Waals surface area contributed by atoms with E-state index < -0.39 is 0 Å². The predicted octanol–water partition coefficient (Wildman–Crippen LogP) is 13.3. The molecule has 56 heavy (non-hydrogen) atoms. The normalized spacial score (nSPS) is 11.6. The van der Waals surface area contributed by atoms with Crippen molar-refractivity contribution in [3.05, 3.63) is 206 Å². The minimum atomic E-state index is 0.685. The molecule has 0 bridgehead atoms. The quantitative estimate of drug-likeness (QED) is 0.172. The summed E-state index contributed by atoms with van der Waals surface area (Å²) in [5.74, 6) is 0.685. The predicted molar refractivity (Wildman–Crippen MR) is 232 cm³/mol. The highest BCUT2D eigenvalue weighted by Crippen LogP contribution is 2.40. The number of hydrogen-bond donors (Lipinski definition) is 0. The zero-order chi connectivity index (χ0) is 37.0. The lowest BCUT2D eigenvalue weighted by atomic mass is 10.0. The van der Waals surface area contributed by atoms with Crippen molar-refractivity contribution in [2.75, 3.05) is 0 Å². The van der Waals surface area contributed by atoms with Gasteiger partial charge in [0.25, 0.3) is 0 Å². The van der Waals surface area contributed by atoms with Gasteiger partial charge in [0.05, 0.1) is 33.5 Å². The zero-order valence-corrected chi connectivity index (χ0v) is 30.4. The van der Waals surface area contributed by atoms with Crippen LogP contribution in [0, 0.1) is 0 Å². The van der Waals surface area contributed by atoms with Crippen LogP contribution in [0.5, 0.6) is 0 Å². The standard InChI is InChI=1S/C52H34N4/c1-4-15-35(16-5-1)36-27-29-38(30-28-36)47-34-46(37-17-6-2-7-18-37)53-52(54-47)39-19-14-22-41(31-39)56-49-26-13-11-24-43(49)45-32-50-44(33-51(45)56)42-23-10-12-25-48(42)55(50)40-20-8-3-9-21-40/h1-34H. The molecule has 3 heterocycles. The number of aromatic nitrogens is 4. The van der Waals surface area contributed by atoms with Gasteiger partial charge in [0.2, 0.25) is 0 Å². The lowest BCUT2D eigenvalue weighted by molar-refractivity contribution is 1.16. The van der Waals surface area contributed by atoms with Gasteiger partial charge in [-0.25, -0.2) is 9.97 Å². The highest BCUT2D eigenvalue weighted by Gasteiger charge is 2.19. The number of benzene rings is 8. The smallest absolute Gasteiger partial charge is 0.160 e. The van der Waals surface area contributed by atoms with Crippen molar-refractivity contribution >= 4 is 43.6 Å². The van der Waals surface area contributed by atoms with Crippen LogP contribution in [0.3, 0.4) is 0 Å². The van der Waals surface area contributed by atoms with E-state index in [4.69, 9.17) is 9.97 Å². The topological polar surface area (TPSA) is 35.6 Å². The maximum atomic E-state index is 5.23. The Labute approximate surface area is 324 Å². The van der Waals surface area contributed by atoms with E-state index in [1.54, 1.807) is 0 Å². The van der Waals surface area contributed by atoms with Gasteiger partial charge in [-0.3, -0.25) is 0 Å². The Kier molecular flexibility index (Phi) is 7.46. The maximum absolute atomic E-state index is 5.23. The van der Waals surface area contributed by atoms with Crippen molar-refractivity contribution in [2.24, 2.45) is 0 Å². The molecule has 0 spiro atoms. The molecule has 3 aromatic heterocycles. The number of para-hydroxylation sites is 3. The summed E-state index contributed by atoms with van der Waals surface area (Å²) in [6, 6.07) is 73.1. The molecule has 4 nitrogen and oxygen atoms in total. The number of nitrogens with zero attached hydrogens (tertiary/aromatic N) is 4. The number of fused-ring (bicyclic) bond motifs is 6. The molecule has 0 atom stereocenters. The fourth-order valence-electron chi connectivity index (χ4n) is 8.29. The van der Waals surface area contributed by atoms with E-state index in [1.807, 2.05) is 12.1 Å². The van der Waals surface area contributed by atoms with Crippen LogP contribution in [0.25, 0.3) is 100 Å². The van der Waals surface area contributed by atoms with Crippen LogP contribution in [-0.2, 0) is 0 Å². The Morgan fingerprint density at radius 2 is 0.696 bits per heavy atom. The summed E-state index contributed by atoms with van der Waals surface area (Å²) in [4.78, 5) is 10.4. The first-order valence-electron chi connectivity index (χ1n) is 19.0. The Morgan fingerprint density at radius 3 is 1.30 bits per heavy atom. The molecule has 0 aliphatic carbocycles. The van der Waals surface area contributed by atoms with Gasteiger partial charge in [-0.1, -0.05) is 152 Å². The van der Waals surface area contributed by atoms with Crippen molar-refractivity contribution in [1.82, 2.24) is 19.1 Å². The van der Waals surface area contributed by atoms with E-state index in [0.29, 0.717) is 5.82 Å². The third-order valence-corrected chi connectivity index (χ3v) is 10.9. The van der Waals surface area contributed by atoms with Crippen molar-refractivity contribution in [1.29, 1.82) is 0 Å². The first-order valence-corrected chi connectivity index (χ1v) is 19.0. The Hall–Kier alpha value is -7.56. The average Bonchev–Trinajstić information content (AvgIpc) is 3.78. The average molecular weight is 715 g/mol. The summed E-state index contributed by atoms with van der Waals surface area (Å²) in [6.07, 6.45) is 0. The van der Waals surface area contributed by atoms with E-state index in [0.717, 1.165) is 50.5 Å². The minimum Gasteiger partial charge on any atom is -0.309 e. The first kappa shape index (κ1) is 31.9. The highest BCUT2D eigenvalue weighted by atomic mass is 15.0. The van der Waals surface area contributed by atoms with E-state index in [2.05, 4.69) is 203 Å². The van der Waals surface area contributed by atoms with E-state index >= 15 is 0 Å². The molecular weight excluding hydrogens is 681 g/mol. The number of hydrogen-bond acceptors (Lipinski definition) is 2. The van der Waals surface area contributed by atoms with Gasteiger partial charge in [-0.05, 0) is 65.7 Å². The van der Waals surface area contributed by atoms with E-state index in [-0.39, 0.29) is 0 Å². The monoisotopic (exact) mass is 714 g/mol. The van der Waals surface area contributed by atoms with Gasteiger partial charge < -0.3 is 9.13 Å². The van der Waals surface area contributed by atoms with Gasteiger partial charge in [-0.15, -0.1) is 0 Å². The van der Waals surface area contributed by atoms with Gasteiger partial charge in [0.15, 0.2) is 5.82 Å². The van der Waals surface area contributed by atoms with Crippen molar-refractivity contribution in [3.63, 3.8) is 0 Å². The molecule has 8 aromatic carbocycles. The summed E-state index contributed by atoms with van der Waals surface area (Å²) < 4.78 is 4.78. The summed E-state index contributed by atoms with van der Waals surface area (Å²) >= 11 is 0. The maximum Gasteiger partial charge on any atom is 0.160 e. The van der Waals surface area contributed by atoms with Gasteiger partial charge in [0, 0.05) is 49.6 Å². The Balaban J connectivity index is 1.10. The Morgan fingerprint density at radius 1 is 0.268 bits per heavy atom. The van der Waals surface area contributed by atoms with Crippen LogP contribution < -0.4 is 0 Å². The van der Waals surface area contributed by atoms with Gasteiger partial charge in [0.1, 0.15) is 0 Å². The molecule has 0 radical (unpaired) electrons. The van der Waals surface area contributed by atoms with Crippen LogP contribution in [0.15, 0.2) is 206 Å². The molecular formula is C52H34N4. The fourth-order valence-corrected chi connectivity index (χ4v) is 8.29. The molecule has 0 saturated carbocycles. The molecule has 0 aliphatic rings. The zero-order valence-electron chi connectivity index (χ0n) is 30.4. The summed E-state index contributed by atoms with van der Waals surface area (Å²) in [6.45, 7) is 0. The third-order valence-electron chi connectivity index (χ3n) is 10.9. The third kappa shape index (κ3) is 5.31. The molecule has 262 valence electrons. The van der Waals surface area contributed by atoms with Crippen LogP contribution in [0.1, 0.15) is 0 Å². The molecule has 0 saturated heterocycles. The minimum absolute atomic E-state index is 0.685. The van der Waals surface area contributed by atoms with Crippen molar-refractivity contribution in [3.8, 4) is 56.4 Å². The van der Waals surface area contributed by atoms with E-state index in [9.17, 15) is 0 Å². The molecule has 0 fully saturated rings. The number of rotatable bonds is 6. The second kappa shape index (κ2) is 13.1. The van der Waals surface area contributed by atoms with Crippen LogP contribution >= 0.6 is 0 Å². The fraction of sp³-hybridized carbons (Fsp3) is 0. The van der Waals surface area contributed by atoms with Gasteiger partial charge in [-0.2, -0.15) is 0 Å². The molecule has 0 amide bonds. The summed E-state index contributed by atoms with van der Waals surface area (Å²) in [5.41, 5.74) is 14.1. The first-order chi connectivity index (χ1) is 27.8. The Bertz CT molecular complexity index is 3220. The second-order valence-electron chi connectivity index (χ2n) is 14.2. The summed E-state index contributed by atoms with van der Waals surface area (Å²) in [7, 11) is 0. The summed E-state index contributed by atoms with van der Waals surface area (Å²) in [5, 5.41) is 4.87. The molecule has 4 heteroatoms. The molecule has 11 rings (SSSR count). The molecule has 0 N–H and O–H groups in total. The lowest BCUT2D eigenvalue weighted by Crippen LogP contribution is -1.98. The molecule has 0 aliphatic heterocycles.